The number of amides is 1. The molecule has 0 aliphatic carbocycles. The van der Waals surface area contributed by atoms with Gasteiger partial charge in [0.25, 0.3) is 5.91 Å². The Morgan fingerprint density at radius 2 is 2.19 bits per heavy atom. The van der Waals surface area contributed by atoms with Gasteiger partial charge in [0.05, 0.1) is 11.4 Å². The number of nitrogens with one attached hydrogen (secondary N) is 2. The highest BCUT2D eigenvalue weighted by molar-refractivity contribution is 5.93. The molecule has 1 unspecified atom stereocenters. The Balaban J connectivity index is 1.59. The average molecular weight is 379 g/mol. The van der Waals surface area contributed by atoms with E-state index in [2.05, 4.69) is 25.7 Å². The Morgan fingerprint density at radius 3 is 2.85 bits per heavy atom. The van der Waals surface area contributed by atoms with Crippen LogP contribution in [-0.4, -0.2) is 47.1 Å². The minimum absolute atomic E-state index is 0.0571. The molecule has 2 aromatic rings. The van der Waals surface area contributed by atoms with E-state index >= 15 is 0 Å². The van der Waals surface area contributed by atoms with Crippen LogP contribution in [0.3, 0.4) is 0 Å². The van der Waals surface area contributed by atoms with Crippen LogP contribution in [0.4, 0.5) is 8.78 Å². The molecule has 7 nitrogen and oxygen atoms in total. The molecule has 0 saturated carbocycles. The third-order valence-corrected chi connectivity index (χ3v) is 4.65. The summed E-state index contributed by atoms with van der Waals surface area (Å²) in [5.74, 6) is 0.381. The summed E-state index contributed by atoms with van der Waals surface area (Å²) in [6.07, 6.45) is 3.29. The van der Waals surface area contributed by atoms with E-state index in [4.69, 9.17) is 0 Å². The first-order valence-electron chi connectivity index (χ1n) is 9.01. The molecule has 1 aromatic heterocycles. The molecule has 9 heteroatoms. The molecule has 1 aliphatic heterocycles. The van der Waals surface area contributed by atoms with Gasteiger partial charge in [-0.25, -0.2) is 4.68 Å². The molecule has 1 saturated heterocycles. The van der Waals surface area contributed by atoms with Crippen LogP contribution in [0, 0.1) is 12.8 Å². The molecule has 146 valence electrons. The summed E-state index contributed by atoms with van der Waals surface area (Å²) in [7, 11) is 0. The largest absolute Gasteiger partial charge is 0.435 e. The number of aromatic nitrogens is 3. The molecular weight excluding hydrogens is 356 g/mol. The summed E-state index contributed by atoms with van der Waals surface area (Å²) in [6.45, 7) is 1.53. The third kappa shape index (κ3) is 5.00. The van der Waals surface area contributed by atoms with Crippen molar-refractivity contribution in [1.29, 1.82) is 0 Å². The molecule has 2 N–H and O–H groups in total. The lowest BCUT2D eigenvalue weighted by atomic mass is 9.96. The molecule has 27 heavy (non-hydrogen) atoms. The smallest absolute Gasteiger partial charge is 0.387 e. The lowest BCUT2D eigenvalue weighted by Crippen LogP contribution is -2.33. The van der Waals surface area contributed by atoms with E-state index in [9.17, 15) is 13.6 Å². The summed E-state index contributed by atoms with van der Waals surface area (Å²) >= 11 is 0. The number of ether oxygens (including phenoxy) is 1. The molecule has 0 radical (unpaired) electrons. The monoisotopic (exact) mass is 379 g/mol. The van der Waals surface area contributed by atoms with Crippen LogP contribution in [0.1, 0.15) is 35.4 Å². The summed E-state index contributed by atoms with van der Waals surface area (Å²) in [5, 5.41) is 14.2. The first kappa shape index (κ1) is 19.2. The van der Waals surface area contributed by atoms with Crippen molar-refractivity contribution < 1.29 is 18.3 Å². The maximum absolute atomic E-state index is 12.4. The maximum Gasteiger partial charge on any atom is 0.387 e. The van der Waals surface area contributed by atoms with Crippen molar-refractivity contribution in [3.8, 4) is 11.4 Å². The molecule has 2 heterocycles. The van der Waals surface area contributed by atoms with Crippen molar-refractivity contribution in [3.05, 3.63) is 35.7 Å². The van der Waals surface area contributed by atoms with Gasteiger partial charge in [-0.15, -0.1) is 5.10 Å². The predicted molar refractivity (Wildman–Crippen MR) is 95.3 cm³/mol. The predicted octanol–water partition coefficient (Wildman–Crippen LogP) is 2.30. The molecule has 1 atom stereocenters. The van der Waals surface area contributed by atoms with Gasteiger partial charge >= 0.3 is 6.61 Å². The van der Waals surface area contributed by atoms with Crippen molar-refractivity contribution in [2.45, 2.75) is 32.8 Å². The Morgan fingerprint density at radius 1 is 1.41 bits per heavy atom. The number of carbonyl (C=O) groups excluding carboxylic acids is 1. The van der Waals surface area contributed by atoms with Crippen LogP contribution in [0.2, 0.25) is 0 Å². The van der Waals surface area contributed by atoms with Gasteiger partial charge in [-0.2, -0.15) is 8.78 Å². The topological polar surface area (TPSA) is 81.1 Å². The van der Waals surface area contributed by atoms with E-state index in [-0.39, 0.29) is 17.4 Å². The van der Waals surface area contributed by atoms with Gasteiger partial charge < -0.3 is 15.4 Å². The van der Waals surface area contributed by atoms with Gasteiger partial charge in [0.15, 0.2) is 5.69 Å². The second-order valence-electron chi connectivity index (χ2n) is 6.56. The van der Waals surface area contributed by atoms with Crippen molar-refractivity contribution >= 4 is 5.91 Å². The summed E-state index contributed by atoms with van der Waals surface area (Å²) in [5.41, 5.74) is 1.44. The number of benzene rings is 1. The quantitative estimate of drug-likeness (QED) is 0.772. The summed E-state index contributed by atoms with van der Waals surface area (Å²) in [4.78, 5) is 12.4. The number of hydrogen-bond donors (Lipinski definition) is 2. The molecule has 1 fully saturated rings. The van der Waals surface area contributed by atoms with Gasteiger partial charge in [0.1, 0.15) is 5.75 Å². The molecular formula is C18H23F2N5O2. The number of halogens is 2. The molecule has 0 spiro atoms. The number of piperidine rings is 1. The second kappa shape index (κ2) is 8.90. The Kier molecular flexibility index (Phi) is 6.33. The molecule has 1 aromatic carbocycles. The summed E-state index contributed by atoms with van der Waals surface area (Å²) in [6, 6.07) is 6.00. The fourth-order valence-corrected chi connectivity index (χ4v) is 3.20. The minimum Gasteiger partial charge on any atom is -0.435 e. The van der Waals surface area contributed by atoms with Crippen molar-refractivity contribution in [2.24, 2.45) is 5.92 Å². The Hall–Kier alpha value is -2.55. The number of rotatable bonds is 7. The average Bonchev–Trinajstić information content (AvgIpc) is 3.04. The molecule has 3 rings (SSSR count). The van der Waals surface area contributed by atoms with Gasteiger partial charge in [-0.05, 0) is 69.5 Å². The zero-order valence-corrected chi connectivity index (χ0v) is 15.1. The lowest BCUT2D eigenvalue weighted by molar-refractivity contribution is -0.0498. The van der Waals surface area contributed by atoms with Crippen molar-refractivity contribution in [2.75, 3.05) is 19.6 Å². The number of carbonyl (C=O) groups is 1. The number of nitrogens with zero attached hydrogens (tertiary/aromatic N) is 3. The van der Waals surface area contributed by atoms with Crippen molar-refractivity contribution in [1.82, 2.24) is 25.6 Å². The van der Waals surface area contributed by atoms with E-state index in [0.29, 0.717) is 23.8 Å². The van der Waals surface area contributed by atoms with Gasteiger partial charge in [0.2, 0.25) is 0 Å². The first-order chi connectivity index (χ1) is 13.0. The fraction of sp³-hybridized carbons (Fsp3) is 0.500. The highest BCUT2D eigenvalue weighted by Crippen LogP contribution is 2.19. The first-order valence-corrected chi connectivity index (χ1v) is 9.01. The minimum atomic E-state index is -2.87. The standard InChI is InChI=1S/C18H23F2N5O2/c1-12-16(17(26)22-10-8-13-3-2-9-21-11-13)23-24-25(12)14-4-6-15(7-5-14)27-18(19)20/h4-7,13,18,21H,2-3,8-11H2,1H3,(H,22,26). The van der Waals surface area contributed by atoms with E-state index < -0.39 is 6.61 Å². The highest BCUT2D eigenvalue weighted by atomic mass is 19.3. The van der Waals surface area contributed by atoms with E-state index in [1.54, 1.807) is 19.1 Å². The van der Waals surface area contributed by atoms with Gasteiger partial charge in [0, 0.05) is 6.54 Å². The zero-order chi connectivity index (χ0) is 19.2. The zero-order valence-electron chi connectivity index (χ0n) is 15.1. The molecule has 0 bridgehead atoms. The van der Waals surface area contributed by atoms with Crippen molar-refractivity contribution in [3.63, 3.8) is 0 Å². The number of hydrogen-bond acceptors (Lipinski definition) is 5. The van der Waals surface area contributed by atoms with Crippen LogP contribution in [0.25, 0.3) is 5.69 Å². The maximum atomic E-state index is 12.4. The van der Waals surface area contributed by atoms with E-state index in [1.807, 2.05) is 0 Å². The Labute approximate surface area is 156 Å². The Bertz CT molecular complexity index is 758. The van der Waals surface area contributed by atoms with Gasteiger partial charge in [-0.1, -0.05) is 5.21 Å². The molecule has 1 amide bonds. The third-order valence-electron chi connectivity index (χ3n) is 4.65. The van der Waals surface area contributed by atoms with E-state index in [1.165, 1.54) is 29.7 Å². The second-order valence-corrected chi connectivity index (χ2v) is 6.56. The summed E-state index contributed by atoms with van der Waals surface area (Å²) < 4.78 is 30.3. The fourth-order valence-electron chi connectivity index (χ4n) is 3.20. The normalized spacial score (nSPS) is 17.1. The van der Waals surface area contributed by atoms with Gasteiger partial charge in [-0.3, -0.25) is 4.79 Å². The van der Waals surface area contributed by atoms with Crippen LogP contribution >= 0.6 is 0 Å². The SMILES string of the molecule is Cc1c(C(=O)NCCC2CCCNC2)nnn1-c1ccc(OC(F)F)cc1. The van der Waals surface area contributed by atoms with Crippen LogP contribution in [0.15, 0.2) is 24.3 Å². The molecule has 1 aliphatic rings. The van der Waals surface area contributed by atoms with Crippen LogP contribution < -0.4 is 15.4 Å². The van der Waals surface area contributed by atoms with E-state index in [0.717, 1.165) is 19.5 Å². The lowest BCUT2D eigenvalue weighted by Gasteiger charge is -2.22. The highest BCUT2D eigenvalue weighted by Gasteiger charge is 2.18. The number of alkyl halides is 2. The van der Waals surface area contributed by atoms with Crippen LogP contribution in [0.5, 0.6) is 5.75 Å². The van der Waals surface area contributed by atoms with Crippen LogP contribution in [-0.2, 0) is 0 Å².